The molecule has 19 nitrogen and oxygen atoms in total. The van der Waals surface area contributed by atoms with Crippen LogP contribution in [0.2, 0.25) is 0 Å². The van der Waals surface area contributed by atoms with E-state index in [2.05, 4.69) is 20.2 Å². The minimum absolute atomic E-state index is 0.103. The van der Waals surface area contributed by atoms with E-state index >= 15 is 0 Å². The summed E-state index contributed by atoms with van der Waals surface area (Å²) in [5, 5.41) is 20.1. The molecule has 4 aromatic heterocycles. The summed E-state index contributed by atoms with van der Waals surface area (Å²) in [6, 6.07) is 27.5. The molecule has 2 atom stereocenters. The lowest BCUT2D eigenvalue weighted by atomic mass is 10.1. The predicted octanol–water partition coefficient (Wildman–Crippen LogP) is 7.13. The number of rotatable bonds is 13. The van der Waals surface area contributed by atoms with Crippen LogP contribution < -0.4 is 18.9 Å². The first kappa shape index (κ1) is 44.3. The van der Waals surface area contributed by atoms with Gasteiger partial charge in [-0.3, -0.25) is 14.9 Å². The molecule has 0 saturated carbocycles. The Morgan fingerprint density at radius 2 is 1.25 bits per heavy atom. The van der Waals surface area contributed by atoms with Gasteiger partial charge in [-0.2, -0.15) is 14.7 Å². The van der Waals surface area contributed by atoms with Gasteiger partial charge in [0.05, 0.1) is 35.2 Å². The number of non-ortho nitro benzene ring substituents is 1. The first-order valence-electron chi connectivity index (χ1n) is 20.5. The summed E-state index contributed by atoms with van der Waals surface area (Å²) in [6.45, 7) is 12.9. The fraction of sp³-hybridized carbons (Fsp3) is 0.304. The monoisotopic (exact) mass is 887 g/mol. The second kappa shape index (κ2) is 18.4. The molecule has 2 saturated heterocycles. The zero-order valence-electron chi connectivity index (χ0n) is 36.3. The van der Waals surface area contributed by atoms with Crippen LogP contribution in [-0.2, 0) is 23.7 Å². The van der Waals surface area contributed by atoms with Gasteiger partial charge in [-0.1, -0.05) is 24.3 Å². The van der Waals surface area contributed by atoms with E-state index in [1.807, 2.05) is 88.4 Å². The normalized spacial score (nSPS) is 17.3. The largest absolute Gasteiger partial charge is 0.490 e. The molecule has 65 heavy (non-hydrogen) atoms. The Kier molecular flexibility index (Phi) is 12.6. The van der Waals surface area contributed by atoms with Crippen molar-refractivity contribution in [3.05, 3.63) is 124 Å². The minimum Gasteiger partial charge on any atom is -0.490 e. The summed E-state index contributed by atoms with van der Waals surface area (Å²) < 4.78 is 48.3. The number of para-hydroxylation sites is 2. The summed E-state index contributed by atoms with van der Waals surface area (Å²) >= 11 is 0. The molecule has 6 heterocycles. The maximum absolute atomic E-state index is 13.0. The summed E-state index contributed by atoms with van der Waals surface area (Å²) in [7, 11) is 0. The lowest BCUT2D eigenvalue weighted by molar-refractivity contribution is -0.384. The number of ether oxygens (including phenoxy) is 8. The number of fused-ring (bicyclic) bond motifs is 2. The molecular formula is C46H45N7O12. The fourth-order valence-corrected chi connectivity index (χ4v) is 7.22. The fourth-order valence-electron chi connectivity index (χ4n) is 7.22. The minimum atomic E-state index is -0.686. The first-order chi connectivity index (χ1) is 31.2. The average Bonchev–Trinajstić information content (AvgIpc) is 4.02. The van der Waals surface area contributed by atoms with Crippen molar-refractivity contribution in [2.45, 2.75) is 65.3 Å². The van der Waals surface area contributed by atoms with Crippen molar-refractivity contribution < 1.29 is 52.4 Å². The second-order valence-electron chi connectivity index (χ2n) is 15.9. The van der Waals surface area contributed by atoms with Crippen LogP contribution in [0.1, 0.15) is 49.6 Å². The number of hydrogen-bond acceptors (Lipinski definition) is 16. The number of imidazole rings is 2. The SMILES string of the molecule is Cc1nc2ccc(-c3ccccc3OC[C@@H]3COC(C)(C)O3)nn2c1C(=O)Oc1ccc([N+](=O)[O-])cc1.Cc1nc2ccc(-c3ccccc3OC[C@@H]3COC(C)(C)O3)nn2c1OC=O. The van der Waals surface area contributed by atoms with Gasteiger partial charge >= 0.3 is 5.97 Å². The lowest BCUT2D eigenvalue weighted by Gasteiger charge is -2.18. The van der Waals surface area contributed by atoms with Gasteiger partial charge in [-0.25, -0.2) is 19.3 Å². The van der Waals surface area contributed by atoms with Crippen LogP contribution in [0.25, 0.3) is 33.8 Å². The van der Waals surface area contributed by atoms with Gasteiger partial charge in [-0.05, 0) is 102 Å². The van der Waals surface area contributed by atoms with E-state index in [1.165, 1.54) is 33.3 Å². The number of carbonyl (C=O) groups is 2. The molecule has 9 rings (SSSR count). The zero-order valence-corrected chi connectivity index (χ0v) is 36.3. The van der Waals surface area contributed by atoms with E-state index in [4.69, 9.17) is 37.9 Å². The molecular weight excluding hydrogens is 843 g/mol. The number of nitro groups is 1. The number of nitro benzene ring substituents is 1. The van der Waals surface area contributed by atoms with Crippen molar-refractivity contribution in [2.24, 2.45) is 0 Å². The summed E-state index contributed by atoms with van der Waals surface area (Å²) in [4.78, 5) is 43.0. The van der Waals surface area contributed by atoms with Gasteiger partial charge in [-0.15, -0.1) is 0 Å². The van der Waals surface area contributed by atoms with E-state index in [1.54, 1.807) is 26.0 Å². The summed E-state index contributed by atoms with van der Waals surface area (Å²) in [5.41, 5.74) is 4.89. The Morgan fingerprint density at radius 3 is 1.75 bits per heavy atom. The molecule has 0 aliphatic carbocycles. The Hall–Kier alpha value is -7.32. The number of aromatic nitrogens is 6. The number of benzene rings is 3. The van der Waals surface area contributed by atoms with Gasteiger partial charge in [0.15, 0.2) is 28.6 Å². The van der Waals surface area contributed by atoms with Crippen molar-refractivity contribution in [3.8, 4) is 45.6 Å². The van der Waals surface area contributed by atoms with Gasteiger partial charge < -0.3 is 37.9 Å². The number of aryl methyl sites for hydroxylation is 2. The number of hydrogen-bond donors (Lipinski definition) is 0. The highest BCUT2D eigenvalue weighted by molar-refractivity contribution is 5.91. The molecule has 2 aliphatic rings. The second-order valence-corrected chi connectivity index (χ2v) is 15.9. The highest BCUT2D eigenvalue weighted by atomic mass is 16.8. The summed E-state index contributed by atoms with van der Waals surface area (Å²) in [5.74, 6) is -0.168. The Bertz CT molecular complexity index is 2880. The Labute approximate surface area is 371 Å². The van der Waals surface area contributed by atoms with Gasteiger partial charge in [0, 0.05) is 23.3 Å². The van der Waals surface area contributed by atoms with Crippen LogP contribution in [-0.4, -0.2) is 96.8 Å². The van der Waals surface area contributed by atoms with Crippen molar-refractivity contribution in [2.75, 3.05) is 26.4 Å². The van der Waals surface area contributed by atoms with Crippen LogP contribution in [0.3, 0.4) is 0 Å². The van der Waals surface area contributed by atoms with Crippen LogP contribution in [0.15, 0.2) is 97.1 Å². The molecule has 0 spiro atoms. The Morgan fingerprint density at radius 1 is 0.738 bits per heavy atom. The smallest absolute Gasteiger partial charge is 0.364 e. The molecule has 2 aliphatic heterocycles. The molecule has 0 amide bonds. The van der Waals surface area contributed by atoms with E-state index in [9.17, 15) is 19.7 Å². The number of esters is 1. The average molecular weight is 888 g/mol. The quantitative estimate of drug-likeness (QED) is 0.0370. The zero-order chi connectivity index (χ0) is 45.9. The molecule has 0 N–H and O–H groups in total. The maximum Gasteiger partial charge on any atom is 0.364 e. The highest BCUT2D eigenvalue weighted by Gasteiger charge is 2.34. The van der Waals surface area contributed by atoms with Crippen LogP contribution >= 0.6 is 0 Å². The third-order valence-corrected chi connectivity index (χ3v) is 10.2. The third-order valence-electron chi connectivity index (χ3n) is 10.2. The van der Waals surface area contributed by atoms with Crippen molar-refractivity contribution in [1.82, 2.24) is 29.2 Å². The van der Waals surface area contributed by atoms with Gasteiger partial charge in [0.25, 0.3) is 12.2 Å². The third kappa shape index (κ3) is 10.1. The first-order valence-corrected chi connectivity index (χ1v) is 20.5. The molecule has 0 radical (unpaired) electrons. The molecule has 2 fully saturated rings. The number of nitrogens with zero attached hydrogens (tertiary/aromatic N) is 7. The molecule has 336 valence electrons. The van der Waals surface area contributed by atoms with Crippen molar-refractivity contribution in [3.63, 3.8) is 0 Å². The lowest BCUT2D eigenvalue weighted by Crippen LogP contribution is -2.25. The molecule has 19 heteroatoms. The Balaban J connectivity index is 0.000000184. The van der Waals surface area contributed by atoms with E-state index in [-0.39, 0.29) is 29.3 Å². The topological polar surface area (TPSA) is 211 Å². The van der Waals surface area contributed by atoms with Crippen LogP contribution in [0, 0.1) is 24.0 Å². The van der Waals surface area contributed by atoms with E-state index < -0.39 is 22.5 Å². The van der Waals surface area contributed by atoms with Crippen LogP contribution in [0.4, 0.5) is 5.69 Å². The van der Waals surface area contributed by atoms with Gasteiger partial charge in [0.2, 0.25) is 5.88 Å². The standard InChI is InChI=1S/C26H24N4O7.C20H21N3O5/c1-16-24(25(31)36-18-10-8-17(9-11-18)30(32)33)29-23(27-16)13-12-21(28-29)20-6-4-5-7-22(20)34-14-19-15-35-26(2,3)37-19;1-13-19(26-12-24)23-18(21-13)9-8-16(22-23)15-6-4-5-7-17(15)25-10-14-11-27-20(2,3)28-14/h4-13,19H,14-15H2,1-3H3;4-9,12,14H,10-11H2,1-3H3/t19-;14-/m11/s1. The van der Waals surface area contributed by atoms with Crippen molar-refractivity contribution in [1.29, 1.82) is 0 Å². The van der Waals surface area contributed by atoms with Crippen LogP contribution in [0.5, 0.6) is 23.1 Å². The molecule has 0 unspecified atom stereocenters. The van der Waals surface area contributed by atoms with Crippen molar-refractivity contribution >= 4 is 29.4 Å². The number of carbonyl (C=O) groups excluding carboxylic acids is 2. The molecule has 3 aromatic carbocycles. The van der Waals surface area contributed by atoms with E-state index in [0.717, 1.165) is 11.1 Å². The van der Waals surface area contributed by atoms with Gasteiger partial charge in [0.1, 0.15) is 48.4 Å². The van der Waals surface area contributed by atoms with E-state index in [0.29, 0.717) is 84.3 Å². The molecule has 0 bridgehead atoms. The molecule has 7 aromatic rings. The summed E-state index contributed by atoms with van der Waals surface area (Å²) in [6.07, 6.45) is -0.335. The maximum atomic E-state index is 13.0. The highest BCUT2D eigenvalue weighted by Crippen LogP contribution is 2.33. The predicted molar refractivity (Wildman–Crippen MR) is 232 cm³/mol.